The number of rotatable bonds is 2. The summed E-state index contributed by atoms with van der Waals surface area (Å²) in [4.78, 5) is 9.63. The van der Waals surface area contributed by atoms with Gasteiger partial charge in [0.25, 0.3) is 0 Å². The lowest BCUT2D eigenvalue weighted by molar-refractivity contribution is 0.257. The molecule has 0 fully saturated rings. The Labute approximate surface area is 124 Å². The molecule has 1 aromatic carbocycles. The van der Waals surface area contributed by atoms with Crippen LogP contribution in [0, 0.1) is 0 Å². The van der Waals surface area contributed by atoms with Gasteiger partial charge in [0.15, 0.2) is 0 Å². The van der Waals surface area contributed by atoms with Crippen molar-refractivity contribution in [1.82, 2.24) is 15.3 Å². The largest absolute Gasteiger partial charge is 0.493 e. The minimum Gasteiger partial charge on any atom is -0.493 e. The van der Waals surface area contributed by atoms with Crippen LogP contribution in [0.25, 0.3) is 0 Å². The van der Waals surface area contributed by atoms with Gasteiger partial charge < -0.3 is 10.1 Å². The molecule has 0 aliphatic carbocycles. The average Bonchev–Trinajstić information content (AvgIpc) is 3.02. The van der Waals surface area contributed by atoms with E-state index in [0.717, 1.165) is 37.5 Å². The molecule has 2 aromatic rings. The molecule has 0 spiro atoms. The molecule has 4 nitrogen and oxygen atoms in total. The van der Waals surface area contributed by atoms with Gasteiger partial charge in [0.1, 0.15) is 11.6 Å². The highest BCUT2D eigenvalue weighted by molar-refractivity contribution is 5.37. The normalized spacial score (nSPS) is 19.8. The molecule has 1 N–H and O–H groups in total. The second kappa shape index (κ2) is 5.11. The number of hydrogen-bond acceptors (Lipinski definition) is 4. The van der Waals surface area contributed by atoms with E-state index in [1.165, 1.54) is 22.5 Å². The van der Waals surface area contributed by atoms with Gasteiger partial charge in [-0.15, -0.1) is 0 Å². The molecule has 4 rings (SSSR count). The zero-order valence-electron chi connectivity index (χ0n) is 12.2. The topological polar surface area (TPSA) is 47.0 Å². The lowest BCUT2D eigenvalue weighted by atomic mass is 9.95. The van der Waals surface area contributed by atoms with Gasteiger partial charge in [0, 0.05) is 24.3 Å². The Kier molecular flexibility index (Phi) is 3.11. The number of ether oxygens (including phenoxy) is 1. The average molecular weight is 281 g/mol. The van der Waals surface area contributed by atoms with E-state index < -0.39 is 0 Å². The summed E-state index contributed by atoms with van der Waals surface area (Å²) in [7, 11) is 0. The minimum atomic E-state index is 0.260. The van der Waals surface area contributed by atoms with Crippen LogP contribution in [0.5, 0.6) is 5.75 Å². The summed E-state index contributed by atoms with van der Waals surface area (Å²) in [5, 5.41) is 3.37. The van der Waals surface area contributed by atoms with E-state index in [0.29, 0.717) is 6.61 Å². The van der Waals surface area contributed by atoms with Crippen molar-refractivity contribution >= 4 is 0 Å². The first kappa shape index (κ1) is 12.8. The van der Waals surface area contributed by atoms with Crippen LogP contribution >= 0.6 is 0 Å². The molecule has 1 aromatic heterocycles. The minimum absolute atomic E-state index is 0.260. The van der Waals surface area contributed by atoms with E-state index in [1.807, 2.05) is 12.1 Å². The van der Waals surface area contributed by atoms with E-state index >= 15 is 0 Å². The molecule has 2 aliphatic heterocycles. The van der Waals surface area contributed by atoms with Crippen LogP contribution in [0.2, 0.25) is 0 Å². The van der Waals surface area contributed by atoms with Crippen molar-refractivity contribution in [3.05, 3.63) is 52.6 Å². The molecule has 4 heteroatoms. The number of nitrogens with one attached hydrogen (secondary N) is 1. The van der Waals surface area contributed by atoms with Crippen LogP contribution < -0.4 is 10.1 Å². The quantitative estimate of drug-likeness (QED) is 0.918. The maximum Gasteiger partial charge on any atom is 0.135 e. The van der Waals surface area contributed by atoms with Crippen LogP contribution in [0.3, 0.4) is 0 Å². The van der Waals surface area contributed by atoms with Gasteiger partial charge in [-0.25, -0.2) is 9.97 Å². The number of aryl methyl sites for hydroxylation is 1. The number of nitrogens with zero attached hydrogens (tertiary/aromatic N) is 2. The molecule has 108 valence electrons. The first-order valence-electron chi connectivity index (χ1n) is 7.65. The van der Waals surface area contributed by atoms with E-state index in [1.54, 1.807) is 0 Å². The van der Waals surface area contributed by atoms with Crippen molar-refractivity contribution in [3.63, 3.8) is 0 Å². The molecule has 0 amide bonds. The van der Waals surface area contributed by atoms with Crippen LogP contribution in [-0.2, 0) is 25.9 Å². The Morgan fingerprint density at radius 1 is 1.24 bits per heavy atom. The maximum absolute atomic E-state index is 5.89. The number of benzene rings is 1. The van der Waals surface area contributed by atoms with Crippen LogP contribution in [0.4, 0.5) is 0 Å². The van der Waals surface area contributed by atoms with Crippen molar-refractivity contribution in [1.29, 1.82) is 0 Å². The summed E-state index contributed by atoms with van der Waals surface area (Å²) in [6, 6.07) is 8.26. The molecule has 1 unspecified atom stereocenters. The summed E-state index contributed by atoms with van der Waals surface area (Å²) in [5.41, 5.74) is 4.93. The Balaban J connectivity index is 1.69. The lowest BCUT2D eigenvalue weighted by Crippen LogP contribution is -2.22. The molecule has 0 saturated carbocycles. The highest BCUT2D eigenvalue weighted by Crippen LogP contribution is 2.31. The van der Waals surface area contributed by atoms with Crippen molar-refractivity contribution in [2.24, 2.45) is 0 Å². The summed E-state index contributed by atoms with van der Waals surface area (Å²) >= 11 is 0. The first-order chi connectivity index (χ1) is 10.3. The second-order valence-corrected chi connectivity index (χ2v) is 5.73. The monoisotopic (exact) mass is 281 g/mol. The lowest BCUT2D eigenvalue weighted by Gasteiger charge is -2.25. The number of para-hydroxylation sites is 1. The molecule has 1 atom stereocenters. The third kappa shape index (κ3) is 2.20. The molecular weight excluding hydrogens is 262 g/mol. The predicted molar refractivity (Wildman–Crippen MR) is 80.3 cm³/mol. The SMILES string of the molecule is CCc1nc(C2COc3ccccc3C2)nc2c1CNC2. The van der Waals surface area contributed by atoms with E-state index in [2.05, 4.69) is 24.4 Å². The van der Waals surface area contributed by atoms with E-state index in [9.17, 15) is 0 Å². The smallest absolute Gasteiger partial charge is 0.135 e. The zero-order valence-corrected chi connectivity index (χ0v) is 12.2. The van der Waals surface area contributed by atoms with E-state index in [4.69, 9.17) is 14.7 Å². The Morgan fingerprint density at radius 3 is 3.05 bits per heavy atom. The second-order valence-electron chi connectivity index (χ2n) is 5.73. The maximum atomic E-state index is 5.89. The standard InChI is InChI=1S/C17H19N3O/c1-2-14-13-8-18-9-15(13)20-17(19-14)12-7-11-5-3-4-6-16(11)21-10-12/h3-6,12,18H,2,7-10H2,1H3. The Bertz CT molecular complexity index is 684. The molecular formula is C17H19N3O. The van der Waals surface area contributed by atoms with Crippen molar-refractivity contribution in [3.8, 4) is 5.75 Å². The van der Waals surface area contributed by atoms with Gasteiger partial charge in [-0.05, 0) is 24.5 Å². The molecule has 3 heterocycles. The molecule has 0 bridgehead atoms. The summed E-state index contributed by atoms with van der Waals surface area (Å²) in [6.45, 7) is 4.61. The number of fused-ring (bicyclic) bond motifs is 2. The van der Waals surface area contributed by atoms with Gasteiger partial charge >= 0.3 is 0 Å². The van der Waals surface area contributed by atoms with Crippen LogP contribution in [0.15, 0.2) is 24.3 Å². The molecule has 0 radical (unpaired) electrons. The third-order valence-corrected chi connectivity index (χ3v) is 4.37. The highest BCUT2D eigenvalue weighted by atomic mass is 16.5. The van der Waals surface area contributed by atoms with Gasteiger partial charge in [-0.1, -0.05) is 25.1 Å². The first-order valence-corrected chi connectivity index (χ1v) is 7.65. The summed E-state index contributed by atoms with van der Waals surface area (Å²) in [6.07, 6.45) is 1.93. The zero-order chi connectivity index (χ0) is 14.2. The van der Waals surface area contributed by atoms with Gasteiger partial charge in [0.05, 0.1) is 18.2 Å². The number of aromatic nitrogens is 2. The van der Waals surface area contributed by atoms with Crippen molar-refractivity contribution in [2.75, 3.05) is 6.61 Å². The van der Waals surface area contributed by atoms with E-state index in [-0.39, 0.29) is 5.92 Å². The van der Waals surface area contributed by atoms with Crippen LogP contribution in [0.1, 0.15) is 41.2 Å². The molecule has 21 heavy (non-hydrogen) atoms. The molecule has 2 aliphatic rings. The molecule has 0 saturated heterocycles. The fourth-order valence-electron chi connectivity index (χ4n) is 3.23. The van der Waals surface area contributed by atoms with Crippen LogP contribution in [-0.4, -0.2) is 16.6 Å². The van der Waals surface area contributed by atoms with Gasteiger partial charge in [-0.2, -0.15) is 0 Å². The summed E-state index contributed by atoms with van der Waals surface area (Å²) in [5.74, 6) is 2.21. The fourth-order valence-corrected chi connectivity index (χ4v) is 3.23. The Morgan fingerprint density at radius 2 is 2.14 bits per heavy atom. The predicted octanol–water partition coefficient (Wildman–Crippen LogP) is 2.36. The Hall–Kier alpha value is -1.94. The summed E-state index contributed by atoms with van der Waals surface area (Å²) < 4.78 is 5.89. The number of hydrogen-bond donors (Lipinski definition) is 1. The van der Waals surface area contributed by atoms with Crippen molar-refractivity contribution < 1.29 is 4.74 Å². The van der Waals surface area contributed by atoms with Crippen molar-refractivity contribution in [2.45, 2.75) is 38.8 Å². The third-order valence-electron chi connectivity index (χ3n) is 4.37. The fraction of sp³-hybridized carbons (Fsp3) is 0.412. The highest BCUT2D eigenvalue weighted by Gasteiger charge is 2.26. The van der Waals surface area contributed by atoms with Gasteiger partial charge in [-0.3, -0.25) is 0 Å². The van der Waals surface area contributed by atoms with Gasteiger partial charge in [0.2, 0.25) is 0 Å².